The first kappa shape index (κ1) is 13.4. The molecule has 2 aliphatic heterocycles. The number of ether oxygens (including phenoxy) is 1. The predicted molar refractivity (Wildman–Crippen MR) is 80.0 cm³/mol. The van der Waals surface area contributed by atoms with E-state index in [9.17, 15) is 4.79 Å². The standard InChI is InChI=1S/C16H22N2O2/c1-12(13-8-10-20-11-13)17-14-4-6-15(7-5-14)18-9-2-3-16(18)19/h4-7,12-13,17H,2-3,8-11H2,1H3. The molecule has 4 nitrogen and oxygen atoms in total. The predicted octanol–water partition coefficient (Wildman–Crippen LogP) is 2.65. The molecule has 2 unspecified atom stereocenters. The van der Waals surface area contributed by atoms with E-state index in [4.69, 9.17) is 4.74 Å². The highest BCUT2D eigenvalue weighted by Gasteiger charge is 2.23. The molecular weight excluding hydrogens is 252 g/mol. The topological polar surface area (TPSA) is 41.6 Å². The summed E-state index contributed by atoms with van der Waals surface area (Å²) in [5.41, 5.74) is 2.12. The van der Waals surface area contributed by atoms with E-state index in [1.165, 1.54) is 0 Å². The van der Waals surface area contributed by atoms with Crippen molar-refractivity contribution >= 4 is 17.3 Å². The Labute approximate surface area is 120 Å². The molecule has 2 aliphatic rings. The molecule has 0 radical (unpaired) electrons. The summed E-state index contributed by atoms with van der Waals surface area (Å²) in [5, 5.41) is 3.53. The minimum atomic E-state index is 0.238. The number of rotatable bonds is 4. The molecule has 1 aromatic carbocycles. The quantitative estimate of drug-likeness (QED) is 0.917. The van der Waals surface area contributed by atoms with Crippen molar-refractivity contribution in [3.05, 3.63) is 24.3 Å². The number of amides is 1. The molecule has 0 aliphatic carbocycles. The van der Waals surface area contributed by atoms with Crippen LogP contribution in [0.2, 0.25) is 0 Å². The lowest BCUT2D eigenvalue weighted by molar-refractivity contribution is -0.117. The van der Waals surface area contributed by atoms with E-state index in [-0.39, 0.29) is 5.91 Å². The first-order valence-corrected chi connectivity index (χ1v) is 7.49. The van der Waals surface area contributed by atoms with Crippen molar-refractivity contribution in [2.45, 2.75) is 32.2 Å². The largest absolute Gasteiger partial charge is 0.382 e. The van der Waals surface area contributed by atoms with Gasteiger partial charge in [0.15, 0.2) is 0 Å². The number of carbonyl (C=O) groups excluding carboxylic acids is 1. The molecule has 2 atom stereocenters. The average Bonchev–Trinajstić information content (AvgIpc) is 3.11. The molecule has 2 saturated heterocycles. The molecule has 1 amide bonds. The van der Waals surface area contributed by atoms with Crippen LogP contribution in [0.5, 0.6) is 0 Å². The first-order valence-electron chi connectivity index (χ1n) is 7.49. The molecule has 1 aromatic rings. The zero-order chi connectivity index (χ0) is 13.9. The van der Waals surface area contributed by atoms with Crippen molar-refractivity contribution in [3.63, 3.8) is 0 Å². The van der Waals surface area contributed by atoms with Crippen LogP contribution in [0.3, 0.4) is 0 Å². The summed E-state index contributed by atoms with van der Waals surface area (Å²) < 4.78 is 5.43. The van der Waals surface area contributed by atoms with Gasteiger partial charge in [-0.15, -0.1) is 0 Å². The molecule has 0 saturated carbocycles. The normalized spacial score (nSPS) is 24.1. The smallest absolute Gasteiger partial charge is 0.227 e. The van der Waals surface area contributed by atoms with Crippen molar-refractivity contribution in [1.82, 2.24) is 0 Å². The minimum Gasteiger partial charge on any atom is -0.382 e. The lowest BCUT2D eigenvalue weighted by Crippen LogP contribution is -2.26. The molecule has 1 N–H and O–H groups in total. The lowest BCUT2D eigenvalue weighted by atomic mass is 10.0. The van der Waals surface area contributed by atoms with Gasteiger partial charge in [0, 0.05) is 42.9 Å². The van der Waals surface area contributed by atoms with E-state index in [0.29, 0.717) is 18.4 Å². The van der Waals surface area contributed by atoms with Gasteiger partial charge in [0.25, 0.3) is 0 Å². The van der Waals surface area contributed by atoms with Gasteiger partial charge in [0.1, 0.15) is 0 Å². The van der Waals surface area contributed by atoms with E-state index >= 15 is 0 Å². The number of anilines is 2. The molecule has 4 heteroatoms. The number of carbonyl (C=O) groups is 1. The summed E-state index contributed by atoms with van der Waals surface area (Å²) in [6.07, 6.45) is 2.78. The van der Waals surface area contributed by atoms with Gasteiger partial charge in [-0.25, -0.2) is 0 Å². The van der Waals surface area contributed by atoms with Crippen molar-refractivity contribution in [3.8, 4) is 0 Å². The molecule has 2 heterocycles. The van der Waals surface area contributed by atoms with Crippen molar-refractivity contribution < 1.29 is 9.53 Å². The third-order valence-corrected chi connectivity index (χ3v) is 4.32. The number of hydrogen-bond donors (Lipinski definition) is 1. The minimum absolute atomic E-state index is 0.238. The Balaban J connectivity index is 1.62. The summed E-state index contributed by atoms with van der Waals surface area (Å²) in [5.74, 6) is 0.831. The van der Waals surface area contributed by atoms with Crippen LogP contribution in [-0.2, 0) is 9.53 Å². The van der Waals surface area contributed by atoms with Crippen LogP contribution in [0.25, 0.3) is 0 Å². The zero-order valence-electron chi connectivity index (χ0n) is 12.0. The number of nitrogens with zero attached hydrogens (tertiary/aromatic N) is 1. The van der Waals surface area contributed by atoms with Gasteiger partial charge in [-0.1, -0.05) is 0 Å². The van der Waals surface area contributed by atoms with Gasteiger partial charge in [-0.05, 0) is 44.0 Å². The van der Waals surface area contributed by atoms with Crippen LogP contribution in [0.4, 0.5) is 11.4 Å². The Kier molecular flexibility index (Phi) is 3.92. The van der Waals surface area contributed by atoms with Crippen LogP contribution in [0.1, 0.15) is 26.2 Å². The van der Waals surface area contributed by atoms with Crippen LogP contribution in [0, 0.1) is 5.92 Å². The van der Waals surface area contributed by atoms with E-state index in [1.807, 2.05) is 17.0 Å². The monoisotopic (exact) mass is 274 g/mol. The Morgan fingerprint density at radius 2 is 2.15 bits per heavy atom. The molecule has 3 rings (SSSR count). The van der Waals surface area contributed by atoms with Gasteiger partial charge >= 0.3 is 0 Å². The van der Waals surface area contributed by atoms with Crippen LogP contribution in [0.15, 0.2) is 24.3 Å². The molecule has 20 heavy (non-hydrogen) atoms. The number of nitrogens with one attached hydrogen (secondary N) is 1. The van der Waals surface area contributed by atoms with Gasteiger partial charge < -0.3 is 15.0 Å². The Morgan fingerprint density at radius 1 is 1.35 bits per heavy atom. The number of benzene rings is 1. The maximum Gasteiger partial charge on any atom is 0.227 e. The van der Waals surface area contributed by atoms with Crippen LogP contribution < -0.4 is 10.2 Å². The maximum atomic E-state index is 11.7. The third kappa shape index (κ3) is 2.80. The van der Waals surface area contributed by atoms with Crippen molar-refractivity contribution in [2.75, 3.05) is 30.0 Å². The molecule has 0 aromatic heterocycles. The Morgan fingerprint density at radius 3 is 2.75 bits per heavy atom. The second kappa shape index (κ2) is 5.83. The Bertz CT molecular complexity index is 466. The van der Waals surface area contributed by atoms with E-state index < -0.39 is 0 Å². The molecule has 0 spiro atoms. The molecule has 2 fully saturated rings. The lowest BCUT2D eigenvalue weighted by Gasteiger charge is -2.21. The van der Waals surface area contributed by atoms with Gasteiger partial charge in [-0.2, -0.15) is 0 Å². The maximum absolute atomic E-state index is 11.7. The van der Waals surface area contributed by atoms with E-state index in [0.717, 1.165) is 44.0 Å². The van der Waals surface area contributed by atoms with Gasteiger partial charge in [0.05, 0.1) is 6.61 Å². The van der Waals surface area contributed by atoms with E-state index in [1.54, 1.807) is 0 Å². The highest BCUT2D eigenvalue weighted by molar-refractivity contribution is 5.95. The SMILES string of the molecule is CC(Nc1ccc(N2CCCC2=O)cc1)C1CCOC1. The van der Waals surface area contributed by atoms with Crippen molar-refractivity contribution in [1.29, 1.82) is 0 Å². The number of hydrogen-bond acceptors (Lipinski definition) is 3. The second-order valence-corrected chi connectivity index (χ2v) is 5.75. The first-order chi connectivity index (χ1) is 9.74. The summed E-state index contributed by atoms with van der Waals surface area (Å²) in [7, 11) is 0. The molecule has 108 valence electrons. The molecule has 0 bridgehead atoms. The van der Waals surface area contributed by atoms with Crippen LogP contribution >= 0.6 is 0 Å². The fourth-order valence-electron chi connectivity index (χ4n) is 2.99. The molecular formula is C16H22N2O2. The van der Waals surface area contributed by atoms with Crippen LogP contribution in [-0.4, -0.2) is 31.7 Å². The summed E-state index contributed by atoms with van der Waals surface area (Å²) >= 11 is 0. The highest BCUT2D eigenvalue weighted by Crippen LogP contribution is 2.25. The average molecular weight is 274 g/mol. The fraction of sp³-hybridized carbons (Fsp3) is 0.562. The van der Waals surface area contributed by atoms with Gasteiger partial charge in [0.2, 0.25) is 5.91 Å². The Hall–Kier alpha value is -1.55. The van der Waals surface area contributed by atoms with E-state index in [2.05, 4.69) is 24.4 Å². The highest BCUT2D eigenvalue weighted by atomic mass is 16.5. The third-order valence-electron chi connectivity index (χ3n) is 4.32. The van der Waals surface area contributed by atoms with Crippen molar-refractivity contribution in [2.24, 2.45) is 5.92 Å². The summed E-state index contributed by atoms with van der Waals surface area (Å²) in [6, 6.07) is 8.60. The summed E-state index contributed by atoms with van der Waals surface area (Å²) in [6.45, 7) is 4.79. The van der Waals surface area contributed by atoms with Gasteiger partial charge in [-0.3, -0.25) is 4.79 Å². The fourth-order valence-corrected chi connectivity index (χ4v) is 2.99. The second-order valence-electron chi connectivity index (χ2n) is 5.75. The summed E-state index contributed by atoms with van der Waals surface area (Å²) in [4.78, 5) is 13.6. The zero-order valence-corrected chi connectivity index (χ0v) is 12.0.